The van der Waals surface area contributed by atoms with Crippen molar-refractivity contribution in [1.29, 1.82) is 0 Å². The van der Waals surface area contributed by atoms with Crippen LogP contribution in [0.1, 0.15) is 16.1 Å². The number of carbonyl (C=O) groups excluding carboxylic acids is 1. The number of nitrogens with zero attached hydrogens (tertiary/aromatic N) is 4. The Hall–Kier alpha value is -3.51. The van der Waals surface area contributed by atoms with Crippen molar-refractivity contribution in [1.82, 2.24) is 19.7 Å². The van der Waals surface area contributed by atoms with Crippen LogP contribution in [0.2, 0.25) is 5.02 Å². The average Bonchev–Trinajstić information content (AvgIpc) is 3.19. The Morgan fingerprint density at radius 1 is 1.07 bits per heavy atom. The Morgan fingerprint density at radius 3 is 2.61 bits per heavy atom. The summed E-state index contributed by atoms with van der Waals surface area (Å²) in [5.74, 6) is 0.400. The van der Waals surface area contributed by atoms with Gasteiger partial charge in [0.2, 0.25) is 0 Å². The number of hydrogen-bond donors (Lipinski definition) is 1. The highest BCUT2D eigenvalue weighted by Gasteiger charge is 2.11. The van der Waals surface area contributed by atoms with E-state index in [0.717, 1.165) is 11.3 Å². The highest BCUT2D eigenvalue weighted by molar-refractivity contribution is 6.32. The molecule has 0 radical (unpaired) electrons. The molecule has 0 aliphatic rings. The third-order valence-corrected chi connectivity index (χ3v) is 4.46. The van der Waals surface area contributed by atoms with Crippen LogP contribution in [0.5, 0.6) is 0 Å². The first-order valence-electron chi connectivity index (χ1n) is 8.61. The Morgan fingerprint density at radius 2 is 1.86 bits per heavy atom. The van der Waals surface area contributed by atoms with E-state index in [-0.39, 0.29) is 5.91 Å². The molecule has 0 saturated heterocycles. The predicted octanol–water partition coefficient (Wildman–Crippen LogP) is 4.54. The van der Waals surface area contributed by atoms with Crippen LogP contribution in [0, 0.1) is 6.92 Å². The molecule has 0 atom stereocenters. The summed E-state index contributed by atoms with van der Waals surface area (Å²) in [5, 5.41) is 7.65. The molecule has 28 heavy (non-hydrogen) atoms. The van der Waals surface area contributed by atoms with E-state index in [1.807, 2.05) is 55.5 Å². The molecule has 4 aromatic rings. The molecule has 7 heteroatoms. The number of amides is 1. The second-order valence-corrected chi connectivity index (χ2v) is 6.59. The molecule has 138 valence electrons. The summed E-state index contributed by atoms with van der Waals surface area (Å²) in [6.07, 6.45) is 4.88. The minimum absolute atomic E-state index is 0.252. The van der Waals surface area contributed by atoms with Gasteiger partial charge in [0, 0.05) is 29.3 Å². The molecule has 1 amide bonds. The fraction of sp³-hybridized carbons (Fsp3) is 0.0476. The Labute approximate surface area is 166 Å². The van der Waals surface area contributed by atoms with Crippen LogP contribution in [0.15, 0.2) is 73.2 Å². The minimum atomic E-state index is -0.252. The number of halogens is 1. The van der Waals surface area contributed by atoms with Crippen molar-refractivity contribution in [3.05, 3.63) is 89.5 Å². The summed E-state index contributed by atoms with van der Waals surface area (Å²) in [4.78, 5) is 21.2. The van der Waals surface area contributed by atoms with Crippen molar-refractivity contribution in [2.75, 3.05) is 5.32 Å². The van der Waals surface area contributed by atoms with Crippen molar-refractivity contribution in [3.63, 3.8) is 0 Å². The van der Waals surface area contributed by atoms with Crippen LogP contribution in [-0.4, -0.2) is 25.7 Å². The van der Waals surface area contributed by atoms with Gasteiger partial charge >= 0.3 is 0 Å². The largest absolute Gasteiger partial charge is 0.322 e. The second kappa shape index (κ2) is 7.62. The molecule has 2 aromatic carbocycles. The highest BCUT2D eigenvalue weighted by Crippen LogP contribution is 2.21. The summed E-state index contributed by atoms with van der Waals surface area (Å²) < 4.78 is 1.58. The van der Waals surface area contributed by atoms with Gasteiger partial charge in [-0.15, -0.1) is 0 Å². The average molecular weight is 390 g/mol. The van der Waals surface area contributed by atoms with E-state index in [4.69, 9.17) is 11.6 Å². The molecule has 2 aromatic heterocycles. The van der Waals surface area contributed by atoms with Gasteiger partial charge in [0.05, 0.1) is 22.5 Å². The zero-order valence-corrected chi connectivity index (χ0v) is 15.8. The molecule has 0 aliphatic heterocycles. The number of hydrogen-bond acceptors (Lipinski definition) is 4. The van der Waals surface area contributed by atoms with Gasteiger partial charge in [-0.2, -0.15) is 5.10 Å². The van der Waals surface area contributed by atoms with Crippen LogP contribution in [0.4, 0.5) is 5.69 Å². The van der Waals surface area contributed by atoms with E-state index >= 15 is 0 Å². The van der Waals surface area contributed by atoms with Gasteiger partial charge in [-0.1, -0.05) is 23.7 Å². The van der Waals surface area contributed by atoms with Crippen molar-refractivity contribution in [2.45, 2.75) is 6.92 Å². The second-order valence-electron chi connectivity index (χ2n) is 6.18. The molecule has 6 nitrogen and oxygen atoms in total. The summed E-state index contributed by atoms with van der Waals surface area (Å²) in [5.41, 5.74) is 3.61. The lowest BCUT2D eigenvalue weighted by molar-refractivity contribution is 0.102. The maximum absolute atomic E-state index is 12.5. The highest BCUT2D eigenvalue weighted by atomic mass is 35.5. The summed E-state index contributed by atoms with van der Waals surface area (Å²) in [6, 6.07) is 16.5. The fourth-order valence-corrected chi connectivity index (χ4v) is 2.93. The number of para-hydroxylation sites is 1. The summed E-state index contributed by atoms with van der Waals surface area (Å²) in [6.45, 7) is 1.92. The smallest absolute Gasteiger partial charge is 0.258 e. The maximum atomic E-state index is 12.5. The normalized spacial score (nSPS) is 10.6. The molecule has 0 spiro atoms. The first-order valence-corrected chi connectivity index (χ1v) is 8.99. The van der Waals surface area contributed by atoms with Gasteiger partial charge in [0.15, 0.2) is 5.82 Å². The molecule has 1 N–H and O–H groups in total. The summed E-state index contributed by atoms with van der Waals surface area (Å²) >= 11 is 6.18. The van der Waals surface area contributed by atoms with Crippen molar-refractivity contribution in [2.24, 2.45) is 0 Å². The third kappa shape index (κ3) is 3.77. The number of aryl methyl sites for hydroxylation is 1. The number of rotatable bonds is 4. The van der Waals surface area contributed by atoms with Crippen LogP contribution in [-0.2, 0) is 0 Å². The van der Waals surface area contributed by atoms with Crippen LogP contribution >= 0.6 is 11.6 Å². The predicted molar refractivity (Wildman–Crippen MR) is 109 cm³/mol. The minimum Gasteiger partial charge on any atom is -0.322 e. The van der Waals surface area contributed by atoms with Gasteiger partial charge in [-0.05, 0) is 49.4 Å². The van der Waals surface area contributed by atoms with Crippen LogP contribution in [0.3, 0.4) is 0 Å². The van der Waals surface area contributed by atoms with Crippen LogP contribution < -0.4 is 5.32 Å². The molecule has 2 heterocycles. The number of aromatic nitrogens is 4. The SMILES string of the molecule is Cc1ccnc(-c2ccc(NC(=O)c3cnn(-c4ccccc4Cl)c3)cc2)n1. The molecular weight excluding hydrogens is 374 g/mol. The first-order chi connectivity index (χ1) is 13.6. The quantitative estimate of drug-likeness (QED) is 0.556. The standard InChI is InChI=1S/C21H16ClN5O/c1-14-10-11-23-20(25-14)15-6-8-17(9-7-15)26-21(28)16-12-24-27(13-16)19-5-3-2-4-18(19)22/h2-13H,1H3,(H,26,28). The fourth-order valence-electron chi connectivity index (χ4n) is 2.70. The topological polar surface area (TPSA) is 72.7 Å². The van der Waals surface area contributed by atoms with Gasteiger partial charge in [0.1, 0.15) is 0 Å². The van der Waals surface area contributed by atoms with E-state index in [2.05, 4.69) is 20.4 Å². The maximum Gasteiger partial charge on any atom is 0.258 e. The Balaban J connectivity index is 1.49. The molecular formula is C21H16ClN5O. The van der Waals surface area contributed by atoms with Crippen molar-refractivity contribution < 1.29 is 4.79 Å². The molecule has 0 saturated carbocycles. The van der Waals surface area contributed by atoms with E-state index in [0.29, 0.717) is 27.8 Å². The lowest BCUT2D eigenvalue weighted by atomic mass is 10.2. The zero-order valence-electron chi connectivity index (χ0n) is 15.0. The van der Waals surface area contributed by atoms with Crippen molar-refractivity contribution >= 4 is 23.2 Å². The Bertz CT molecular complexity index is 1140. The lowest BCUT2D eigenvalue weighted by Gasteiger charge is -2.06. The molecule has 0 aliphatic carbocycles. The third-order valence-electron chi connectivity index (χ3n) is 4.14. The van der Waals surface area contributed by atoms with Gasteiger partial charge in [0.25, 0.3) is 5.91 Å². The lowest BCUT2D eigenvalue weighted by Crippen LogP contribution is -2.11. The molecule has 0 fully saturated rings. The van der Waals surface area contributed by atoms with Gasteiger partial charge < -0.3 is 5.32 Å². The number of anilines is 1. The zero-order chi connectivity index (χ0) is 19.5. The molecule has 0 bridgehead atoms. The Kier molecular flexibility index (Phi) is 4.87. The first kappa shape index (κ1) is 17.9. The van der Waals surface area contributed by atoms with E-state index < -0.39 is 0 Å². The number of carbonyl (C=O) groups is 1. The van der Waals surface area contributed by atoms with Crippen molar-refractivity contribution in [3.8, 4) is 17.1 Å². The van der Waals surface area contributed by atoms with E-state index in [1.165, 1.54) is 6.20 Å². The van der Waals surface area contributed by atoms with E-state index in [9.17, 15) is 4.79 Å². The van der Waals surface area contributed by atoms with Gasteiger partial charge in [-0.25, -0.2) is 14.6 Å². The molecule has 0 unspecified atom stereocenters. The summed E-state index contributed by atoms with van der Waals surface area (Å²) in [7, 11) is 0. The van der Waals surface area contributed by atoms with Gasteiger partial charge in [-0.3, -0.25) is 4.79 Å². The monoisotopic (exact) mass is 389 g/mol. The number of nitrogens with one attached hydrogen (secondary N) is 1. The van der Waals surface area contributed by atoms with Crippen LogP contribution in [0.25, 0.3) is 17.1 Å². The molecule has 4 rings (SSSR count). The van der Waals surface area contributed by atoms with E-state index in [1.54, 1.807) is 23.1 Å². The number of benzene rings is 2.